The fourth-order valence-corrected chi connectivity index (χ4v) is 3.25. The normalized spacial score (nSPS) is 29.6. The van der Waals surface area contributed by atoms with Crippen molar-refractivity contribution in [1.29, 1.82) is 5.26 Å². The van der Waals surface area contributed by atoms with Crippen LogP contribution in [0.5, 0.6) is 0 Å². The zero-order valence-electron chi connectivity index (χ0n) is 11.4. The monoisotopic (exact) mass is 249 g/mol. The molecule has 2 saturated heterocycles. The third-order valence-corrected chi connectivity index (χ3v) is 4.01. The average molecular weight is 249 g/mol. The summed E-state index contributed by atoms with van der Waals surface area (Å²) in [7, 11) is 0. The second-order valence-corrected chi connectivity index (χ2v) is 5.98. The van der Waals surface area contributed by atoms with E-state index in [9.17, 15) is 4.79 Å². The number of rotatable bonds is 5. The van der Waals surface area contributed by atoms with Crippen LogP contribution >= 0.6 is 0 Å². The summed E-state index contributed by atoms with van der Waals surface area (Å²) >= 11 is 0. The molecule has 3 unspecified atom stereocenters. The van der Waals surface area contributed by atoms with Crippen LogP contribution in [0.15, 0.2) is 0 Å². The van der Waals surface area contributed by atoms with E-state index in [0.717, 1.165) is 19.4 Å². The van der Waals surface area contributed by atoms with Gasteiger partial charge < -0.3 is 10.2 Å². The highest BCUT2D eigenvalue weighted by molar-refractivity contribution is 5.80. The van der Waals surface area contributed by atoms with Gasteiger partial charge in [0.15, 0.2) is 0 Å². The summed E-state index contributed by atoms with van der Waals surface area (Å²) in [5, 5.41) is 12.2. The van der Waals surface area contributed by atoms with E-state index in [2.05, 4.69) is 25.2 Å². The lowest BCUT2D eigenvalue weighted by Gasteiger charge is -2.29. The van der Waals surface area contributed by atoms with Crippen LogP contribution in [0.4, 0.5) is 0 Å². The SMILES string of the molecule is CC(C)CN(CCC#N)C(=O)C1CC2CCC1N2. The Morgan fingerprint density at radius 3 is 2.78 bits per heavy atom. The molecule has 3 atom stereocenters. The number of carbonyl (C=O) groups excluding carboxylic acids is 1. The van der Waals surface area contributed by atoms with Crippen molar-refractivity contribution in [1.82, 2.24) is 10.2 Å². The van der Waals surface area contributed by atoms with E-state index in [-0.39, 0.29) is 11.8 Å². The number of hydrogen-bond acceptors (Lipinski definition) is 3. The van der Waals surface area contributed by atoms with Crippen molar-refractivity contribution in [2.75, 3.05) is 13.1 Å². The predicted octanol–water partition coefficient (Wildman–Crippen LogP) is 1.53. The molecule has 0 aromatic heterocycles. The van der Waals surface area contributed by atoms with Crippen molar-refractivity contribution >= 4 is 5.91 Å². The summed E-state index contributed by atoms with van der Waals surface area (Å²) < 4.78 is 0. The minimum atomic E-state index is 0.154. The molecule has 4 heteroatoms. The number of nitriles is 1. The van der Waals surface area contributed by atoms with E-state index in [1.807, 2.05) is 4.90 Å². The Bertz CT molecular complexity index is 347. The van der Waals surface area contributed by atoms with Crippen LogP contribution in [0.25, 0.3) is 0 Å². The van der Waals surface area contributed by atoms with Crippen LogP contribution in [0.1, 0.15) is 39.5 Å². The summed E-state index contributed by atoms with van der Waals surface area (Å²) in [4.78, 5) is 14.5. The van der Waals surface area contributed by atoms with Gasteiger partial charge in [0.2, 0.25) is 5.91 Å². The van der Waals surface area contributed by atoms with Crippen molar-refractivity contribution in [3.63, 3.8) is 0 Å². The van der Waals surface area contributed by atoms with Crippen LogP contribution in [0.3, 0.4) is 0 Å². The molecule has 0 saturated carbocycles. The van der Waals surface area contributed by atoms with Gasteiger partial charge in [-0.3, -0.25) is 4.79 Å². The molecule has 4 nitrogen and oxygen atoms in total. The van der Waals surface area contributed by atoms with Crippen molar-refractivity contribution in [2.24, 2.45) is 11.8 Å². The molecule has 0 radical (unpaired) electrons. The molecule has 2 heterocycles. The Labute approximate surface area is 109 Å². The van der Waals surface area contributed by atoms with E-state index in [4.69, 9.17) is 5.26 Å². The molecule has 2 fully saturated rings. The number of nitrogens with zero attached hydrogens (tertiary/aromatic N) is 2. The highest BCUT2D eigenvalue weighted by Gasteiger charge is 2.44. The molecule has 2 aliphatic heterocycles. The van der Waals surface area contributed by atoms with Crippen molar-refractivity contribution in [3.05, 3.63) is 0 Å². The number of amides is 1. The molecule has 1 amide bonds. The van der Waals surface area contributed by atoms with Gasteiger partial charge in [0.25, 0.3) is 0 Å². The summed E-state index contributed by atoms with van der Waals surface area (Å²) in [6, 6.07) is 3.09. The van der Waals surface area contributed by atoms with Crippen LogP contribution in [-0.2, 0) is 4.79 Å². The van der Waals surface area contributed by atoms with Crippen LogP contribution in [0.2, 0.25) is 0 Å². The molecule has 0 aromatic carbocycles. The lowest BCUT2D eigenvalue weighted by molar-refractivity contribution is -0.136. The number of hydrogen-bond donors (Lipinski definition) is 1. The molecule has 0 aromatic rings. The Hall–Kier alpha value is -1.08. The van der Waals surface area contributed by atoms with Crippen LogP contribution < -0.4 is 5.32 Å². The molecular formula is C14H23N3O. The molecule has 100 valence electrons. The Kier molecular flexibility index (Phi) is 4.23. The average Bonchev–Trinajstić information content (AvgIpc) is 2.95. The van der Waals surface area contributed by atoms with Gasteiger partial charge in [-0.05, 0) is 25.2 Å². The van der Waals surface area contributed by atoms with Crippen molar-refractivity contribution < 1.29 is 4.79 Å². The molecular weight excluding hydrogens is 226 g/mol. The Balaban J connectivity index is 1.96. The van der Waals surface area contributed by atoms with Crippen molar-refractivity contribution in [2.45, 2.75) is 51.6 Å². The van der Waals surface area contributed by atoms with Gasteiger partial charge >= 0.3 is 0 Å². The minimum Gasteiger partial charge on any atom is -0.341 e. The molecule has 2 aliphatic rings. The quantitative estimate of drug-likeness (QED) is 0.804. The first kappa shape index (κ1) is 13.4. The summed E-state index contributed by atoms with van der Waals surface area (Å²) in [5.74, 6) is 0.874. The van der Waals surface area contributed by atoms with Gasteiger partial charge in [0.05, 0.1) is 18.4 Å². The van der Waals surface area contributed by atoms with Crippen molar-refractivity contribution in [3.8, 4) is 6.07 Å². The summed E-state index contributed by atoms with van der Waals surface area (Å²) in [5.41, 5.74) is 0. The summed E-state index contributed by atoms with van der Waals surface area (Å²) in [6.45, 7) is 5.59. The smallest absolute Gasteiger partial charge is 0.227 e. The number of fused-ring (bicyclic) bond motifs is 2. The first-order valence-corrected chi connectivity index (χ1v) is 7.03. The molecule has 2 bridgehead atoms. The Morgan fingerprint density at radius 1 is 1.50 bits per heavy atom. The van der Waals surface area contributed by atoms with E-state index in [1.165, 1.54) is 6.42 Å². The van der Waals surface area contributed by atoms with E-state index in [0.29, 0.717) is 31.0 Å². The highest BCUT2D eigenvalue weighted by Crippen LogP contribution is 2.34. The maximum absolute atomic E-state index is 12.6. The first-order valence-electron chi connectivity index (χ1n) is 7.03. The zero-order valence-corrected chi connectivity index (χ0v) is 11.4. The minimum absolute atomic E-state index is 0.154. The van der Waals surface area contributed by atoms with E-state index >= 15 is 0 Å². The lowest BCUT2D eigenvalue weighted by Crippen LogP contribution is -2.43. The van der Waals surface area contributed by atoms with E-state index < -0.39 is 0 Å². The molecule has 2 rings (SSSR count). The maximum Gasteiger partial charge on any atom is 0.227 e. The Morgan fingerprint density at radius 2 is 2.28 bits per heavy atom. The largest absolute Gasteiger partial charge is 0.341 e. The number of nitrogens with one attached hydrogen (secondary N) is 1. The fourth-order valence-electron chi connectivity index (χ4n) is 3.25. The summed E-state index contributed by atoms with van der Waals surface area (Å²) in [6.07, 6.45) is 3.78. The van der Waals surface area contributed by atoms with Gasteiger partial charge in [-0.15, -0.1) is 0 Å². The number of carbonyl (C=O) groups is 1. The van der Waals surface area contributed by atoms with Crippen LogP contribution in [-0.4, -0.2) is 36.0 Å². The fraction of sp³-hybridized carbons (Fsp3) is 0.857. The molecule has 18 heavy (non-hydrogen) atoms. The highest BCUT2D eigenvalue weighted by atomic mass is 16.2. The molecule has 1 N–H and O–H groups in total. The third-order valence-electron chi connectivity index (χ3n) is 4.01. The predicted molar refractivity (Wildman–Crippen MR) is 69.7 cm³/mol. The molecule has 0 spiro atoms. The first-order chi connectivity index (χ1) is 8.61. The van der Waals surface area contributed by atoms with Gasteiger partial charge in [-0.2, -0.15) is 5.26 Å². The zero-order chi connectivity index (χ0) is 13.1. The second kappa shape index (κ2) is 5.71. The third kappa shape index (κ3) is 2.84. The van der Waals surface area contributed by atoms with Gasteiger partial charge in [0, 0.05) is 25.2 Å². The molecule has 0 aliphatic carbocycles. The second-order valence-electron chi connectivity index (χ2n) is 5.98. The van der Waals surface area contributed by atoms with Gasteiger partial charge in [0.1, 0.15) is 0 Å². The van der Waals surface area contributed by atoms with Gasteiger partial charge in [-0.1, -0.05) is 13.8 Å². The maximum atomic E-state index is 12.6. The van der Waals surface area contributed by atoms with Crippen LogP contribution in [0, 0.1) is 23.2 Å². The van der Waals surface area contributed by atoms with E-state index in [1.54, 1.807) is 0 Å². The topological polar surface area (TPSA) is 56.1 Å². The lowest BCUT2D eigenvalue weighted by atomic mass is 9.88. The van der Waals surface area contributed by atoms with Gasteiger partial charge in [-0.25, -0.2) is 0 Å². The standard InChI is InChI=1S/C14H23N3O/c1-10(2)9-17(7-3-6-15)14(18)12-8-11-4-5-13(12)16-11/h10-13,16H,3-5,7-9H2,1-2H3.